The first kappa shape index (κ1) is 17.4. The normalized spacial score (nSPS) is 21.0. The third-order valence-electron chi connectivity index (χ3n) is 5.20. The molecule has 0 aliphatic carbocycles. The summed E-state index contributed by atoms with van der Waals surface area (Å²) in [5.41, 5.74) is 1.29. The smallest absolute Gasteiger partial charge is 0.253 e. The highest BCUT2D eigenvalue weighted by molar-refractivity contribution is 6.22. The fraction of sp³-hybridized carbons (Fsp3) is 0.286. The quantitative estimate of drug-likeness (QED) is 0.780. The van der Waals surface area contributed by atoms with Crippen molar-refractivity contribution in [1.82, 2.24) is 9.80 Å². The van der Waals surface area contributed by atoms with Crippen LogP contribution in [0.4, 0.5) is 5.69 Å². The summed E-state index contributed by atoms with van der Waals surface area (Å²) in [5.74, 6) is -0.331. The Morgan fingerprint density at radius 2 is 1.41 bits per heavy atom. The summed E-state index contributed by atoms with van der Waals surface area (Å²) in [6, 6.07) is 17.8. The zero-order chi connectivity index (χ0) is 18.8. The van der Waals surface area contributed by atoms with Crippen molar-refractivity contribution in [2.24, 2.45) is 0 Å². The third-order valence-corrected chi connectivity index (χ3v) is 5.20. The largest absolute Gasteiger partial charge is 0.336 e. The SMILES string of the molecule is O=C(c1ccccc1)N1CCN([C@@H]2CC(=O)N(c3ccccc3)C2=O)CC1. The molecule has 3 amide bonds. The molecule has 6 heteroatoms. The molecule has 138 valence electrons. The van der Waals surface area contributed by atoms with Gasteiger partial charge in [0, 0.05) is 31.7 Å². The molecule has 0 bridgehead atoms. The summed E-state index contributed by atoms with van der Waals surface area (Å²) in [5, 5.41) is 0. The molecule has 2 saturated heterocycles. The topological polar surface area (TPSA) is 60.9 Å². The molecule has 1 atom stereocenters. The van der Waals surface area contributed by atoms with E-state index in [0.29, 0.717) is 37.4 Å². The number of hydrogen-bond acceptors (Lipinski definition) is 4. The van der Waals surface area contributed by atoms with Crippen molar-refractivity contribution >= 4 is 23.4 Å². The Bertz CT molecular complexity index is 845. The Labute approximate surface area is 158 Å². The van der Waals surface area contributed by atoms with E-state index in [0.717, 1.165) is 0 Å². The van der Waals surface area contributed by atoms with Gasteiger partial charge in [-0.2, -0.15) is 0 Å². The molecule has 2 aliphatic heterocycles. The fourth-order valence-corrected chi connectivity index (χ4v) is 3.75. The first-order valence-electron chi connectivity index (χ1n) is 9.15. The van der Waals surface area contributed by atoms with E-state index < -0.39 is 6.04 Å². The zero-order valence-corrected chi connectivity index (χ0v) is 15.0. The Kier molecular flexibility index (Phi) is 4.73. The molecule has 2 fully saturated rings. The maximum absolute atomic E-state index is 12.8. The average Bonchev–Trinajstić information content (AvgIpc) is 3.03. The van der Waals surface area contributed by atoms with E-state index in [-0.39, 0.29) is 24.1 Å². The Morgan fingerprint density at radius 3 is 2.04 bits per heavy atom. The summed E-state index contributed by atoms with van der Waals surface area (Å²) >= 11 is 0. The Balaban J connectivity index is 1.41. The molecule has 0 radical (unpaired) electrons. The molecule has 0 saturated carbocycles. The van der Waals surface area contributed by atoms with Crippen LogP contribution in [-0.2, 0) is 9.59 Å². The van der Waals surface area contributed by atoms with Crippen LogP contribution < -0.4 is 4.90 Å². The lowest BCUT2D eigenvalue weighted by Crippen LogP contribution is -2.53. The molecular weight excluding hydrogens is 342 g/mol. The molecule has 2 aromatic carbocycles. The van der Waals surface area contributed by atoms with Gasteiger partial charge in [-0.05, 0) is 24.3 Å². The van der Waals surface area contributed by atoms with Gasteiger partial charge in [0.15, 0.2) is 0 Å². The van der Waals surface area contributed by atoms with Gasteiger partial charge in [-0.25, -0.2) is 4.90 Å². The molecule has 2 aliphatic rings. The summed E-state index contributed by atoms with van der Waals surface area (Å²) in [4.78, 5) is 42.9. The summed E-state index contributed by atoms with van der Waals surface area (Å²) < 4.78 is 0. The lowest BCUT2D eigenvalue weighted by molar-refractivity contribution is -0.123. The fourth-order valence-electron chi connectivity index (χ4n) is 3.75. The first-order chi connectivity index (χ1) is 13.1. The van der Waals surface area contributed by atoms with E-state index >= 15 is 0 Å². The summed E-state index contributed by atoms with van der Waals surface area (Å²) in [6.45, 7) is 2.28. The minimum atomic E-state index is -0.438. The monoisotopic (exact) mass is 363 g/mol. The lowest BCUT2D eigenvalue weighted by Gasteiger charge is -2.37. The lowest BCUT2D eigenvalue weighted by atomic mass is 10.1. The number of carbonyl (C=O) groups excluding carboxylic acids is 3. The van der Waals surface area contributed by atoms with Crippen molar-refractivity contribution in [3.8, 4) is 0 Å². The second kappa shape index (κ2) is 7.32. The highest BCUT2D eigenvalue weighted by Gasteiger charge is 2.43. The average molecular weight is 363 g/mol. The number of rotatable bonds is 3. The van der Waals surface area contributed by atoms with Crippen molar-refractivity contribution in [2.45, 2.75) is 12.5 Å². The highest BCUT2D eigenvalue weighted by atomic mass is 16.2. The van der Waals surface area contributed by atoms with Crippen LogP contribution in [0.5, 0.6) is 0 Å². The second-order valence-corrected chi connectivity index (χ2v) is 6.82. The molecule has 0 N–H and O–H groups in total. The molecular formula is C21H21N3O3. The van der Waals surface area contributed by atoms with E-state index in [9.17, 15) is 14.4 Å². The van der Waals surface area contributed by atoms with Gasteiger partial charge < -0.3 is 4.90 Å². The standard InChI is InChI=1S/C21H21N3O3/c25-19-15-18(21(27)24(19)17-9-5-2-6-10-17)22-11-13-23(14-12-22)20(26)16-7-3-1-4-8-16/h1-10,18H,11-15H2/t18-/m1/s1. The van der Waals surface area contributed by atoms with Crippen molar-refractivity contribution in [1.29, 1.82) is 0 Å². The number of piperazine rings is 1. The van der Waals surface area contributed by atoms with Crippen LogP contribution >= 0.6 is 0 Å². The van der Waals surface area contributed by atoms with Crippen LogP contribution in [0.15, 0.2) is 60.7 Å². The number of imide groups is 1. The van der Waals surface area contributed by atoms with Crippen LogP contribution in [0.3, 0.4) is 0 Å². The number of benzene rings is 2. The van der Waals surface area contributed by atoms with E-state index in [1.165, 1.54) is 4.90 Å². The summed E-state index contributed by atoms with van der Waals surface area (Å²) in [6.07, 6.45) is 0.195. The van der Waals surface area contributed by atoms with E-state index in [4.69, 9.17) is 0 Å². The van der Waals surface area contributed by atoms with Crippen molar-refractivity contribution in [3.05, 3.63) is 66.2 Å². The third kappa shape index (κ3) is 3.36. The number of hydrogen-bond donors (Lipinski definition) is 0. The van der Waals surface area contributed by atoms with Crippen LogP contribution in [-0.4, -0.2) is 59.7 Å². The molecule has 4 rings (SSSR count). The van der Waals surface area contributed by atoms with Crippen molar-refractivity contribution in [3.63, 3.8) is 0 Å². The maximum Gasteiger partial charge on any atom is 0.253 e. The van der Waals surface area contributed by atoms with Gasteiger partial charge in [0.25, 0.3) is 11.8 Å². The van der Waals surface area contributed by atoms with Gasteiger partial charge in [0.2, 0.25) is 5.91 Å². The van der Waals surface area contributed by atoms with E-state index in [1.54, 1.807) is 12.1 Å². The Morgan fingerprint density at radius 1 is 0.815 bits per heavy atom. The van der Waals surface area contributed by atoms with Crippen LogP contribution in [0.2, 0.25) is 0 Å². The van der Waals surface area contributed by atoms with Crippen molar-refractivity contribution in [2.75, 3.05) is 31.1 Å². The van der Waals surface area contributed by atoms with Gasteiger partial charge in [-0.15, -0.1) is 0 Å². The molecule has 0 unspecified atom stereocenters. The second-order valence-electron chi connectivity index (χ2n) is 6.82. The number of carbonyl (C=O) groups is 3. The van der Waals surface area contributed by atoms with Gasteiger partial charge in [-0.3, -0.25) is 19.3 Å². The van der Waals surface area contributed by atoms with Gasteiger partial charge in [0.1, 0.15) is 0 Å². The van der Waals surface area contributed by atoms with Gasteiger partial charge >= 0.3 is 0 Å². The van der Waals surface area contributed by atoms with Crippen molar-refractivity contribution < 1.29 is 14.4 Å². The van der Waals surface area contributed by atoms with Crippen LogP contribution in [0.25, 0.3) is 0 Å². The maximum atomic E-state index is 12.8. The van der Waals surface area contributed by atoms with Crippen LogP contribution in [0.1, 0.15) is 16.8 Å². The minimum absolute atomic E-state index is 0.00925. The predicted molar refractivity (Wildman–Crippen MR) is 101 cm³/mol. The highest BCUT2D eigenvalue weighted by Crippen LogP contribution is 2.26. The number of para-hydroxylation sites is 1. The minimum Gasteiger partial charge on any atom is -0.336 e. The zero-order valence-electron chi connectivity index (χ0n) is 15.0. The van der Waals surface area contributed by atoms with E-state index in [1.807, 2.05) is 58.3 Å². The molecule has 27 heavy (non-hydrogen) atoms. The molecule has 0 aromatic heterocycles. The summed E-state index contributed by atoms with van der Waals surface area (Å²) in [7, 11) is 0. The number of nitrogens with zero attached hydrogens (tertiary/aromatic N) is 3. The van der Waals surface area contributed by atoms with Gasteiger partial charge in [-0.1, -0.05) is 36.4 Å². The molecule has 6 nitrogen and oxygen atoms in total. The number of amides is 3. The molecule has 0 spiro atoms. The molecule has 2 aromatic rings. The Hall–Kier alpha value is -2.99. The predicted octanol–water partition coefficient (Wildman–Crippen LogP) is 1.78. The first-order valence-corrected chi connectivity index (χ1v) is 9.15. The van der Waals surface area contributed by atoms with E-state index in [2.05, 4.69) is 0 Å². The number of anilines is 1. The van der Waals surface area contributed by atoms with Gasteiger partial charge in [0.05, 0.1) is 18.2 Å². The van der Waals surface area contributed by atoms with Crippen LogP contribution in [0, 0.1) is 0 Å². The molecule has 2 heterocycles.